The van der Waals surface area contributed by atoms with Crippen LogP contribution in [0.1, 0.15) is 12.7 Å². The van der Waals surface area contributed by atoms with Crippen LogP contribution in [0.5, 0.6) is 0 Å². The van der Waals surface area contributed by atoms with Gasteiger partial charge in [0, 0.05) is 23.5 Å². The number of hydrogen-bond acceptors (Lipinski definition) is 5. The molecule has 1 unspecified atom stereocenters. The number of rotatable bonds is 5. The summed E-state index contributed by atoms with van der Waals surface area (Å²) in [6, 6.07) is 4.79. The molecule has 0 aliphatic heterocycles. The highest BCUT2D eigenvalue weighted by Gasteiger charge is 2.19. The maximum absolute atomic E-state index is 12.0. The van der Waals surface area contributed by atoms with Gasteiger partial charge in [-0.05, 0) is 25.1 Å². The lowest BCUT2D eigenvalue weighted by Gasteiger charge is -2.11. The molecule has 2 aromatic heterocycles. The van der Waals surface area contributed by atoms with Crippen LogP contribution >= 0.6 is 11.3 Å². The number of nitrogens with two attached hydrogens (primary N) is 1. The van der Waals surface area contributed by atoms with Gasteiger partial charge in [0.1, 0.15) is 9.97 Å². The highest BCUT2D eigenvalue weighted by Crippen LogP contribution is 2.21. The zero-order valence-electron chi connectivity index (χ0n) is 9.79. The number of anilines is 1. The van der Waals surface area contributed by atoms with Crippen LogP contribution in [0.15, 0.2) is 38.5 Å². The standard InChI is InChI=1S/C11H14N2O3S2/c1-8(5-10-3-2-4-16-10)13-18(14,15)11-6-9(12)7-17-11/h2-4,6-8,13H,5,12H2,1H3. The number of sulfonamides is 1. The second-order valence-electron chi connectivity index (χ2n) is 4.00. The number of thiophene rings is 1. The predicted octanol–water partition coefficient (Wildman–Crippen LogP) is 1.83. The van der Waals surface area contributed by atoms with Gasteiger partial charge in [0.2, 0.25) is 10.0 Å². The van der Waals surface area contributed by atoms with Crippen molar-refractivity contribution in [3.63, 3.8) is 0 Å². The third-order valence-corrected chi connectivity index (χ3v) is 5.35. The highest BCUT2D eigenvalue weighted by atomic mass is 32.2. The third kappa shape index (κ3) is 3.12. The lowest BCUT2D eigenvalue weighted by atomic mass is 10.2. The van der Waals surface area contributed by atoms with E-state index in [9.17, 15) is 8.42 Å². The zero-order chi connectivity index (χ0) is 13.2. The molecule has 0 amide bonds. The Hall–Kier alpha value is -1.31. The van der Waals surface area contributed by atoms with E-state index in [1.54, 1.807) is 24.6 Å². The first kappa shape index (κ1) is 13.1. The molecule has 2 heterocycles. The molecule has 0 saturated heterocycles. The molecule has 7 heteroatoms. The molecule has 0 aromatic carbocycles. The molecule has 0 radical (unpaired) electrons. The van der Waals surface area contributed by atoms with E-state index in [-0.39, 0.29) is 10.3 Å². The van der Waals surface area contributed by atoms with Crippen molar-refractivity contribution in [3.8, 4) is 0 Å². The molecule has 0 aliphatic carbocycles. The lowest BCUT2D eigenvalue weighted by Crippen LogP contribution is -2.33. The summed E-state index contributed by atoms with van der Waals surface area (Å²) in [7, 11) is -3.50. The van der Waals surface area contributed by atoms with Crippen LogP contribution in [0.2, 0.25) is 0 Å². The van der Waals surface area contributed by atoms with Gasteiger partial charge in [-0.25, -0.2) is 13.1 Å². The molecule has 3 N–H and O–H groups in total. The monoisotopic (exact) mass is 286 g/mol. The second kappa shape index (κ2) is 5.13. The molecule has 98 valence electrons. The van der Waals surface area contributed by atoms with E-state index >= 15 is 0 Å². The number of nitrogen functional groups attached to an aromatic ring is 1. The van der Waals surface area contributed by atoms with Gasteiger partial charge in [0.15, 0.2) is 0 Å². The summed E-state index contributed by atoms with van der Waals surface area (Å²) in [5, 5.41) is 1.60. The van der Waals surface area contributed by atoms with Crippen molar-refractivity contribution in [1.82, 2.24) is 4.72 Å². The van der Waals surface area contributed by atoms with Crippen molar-refractivity contribution < 1.29 is 12.8 Å². The molecule has 5 nitrogen and oxygen atoms in total. The van der Waals surface area contributed by atoms with Crippen molar-refractivity contribution in [3.05, 3.63) is 35.6 Å². The van der Waals surface area contributed by atoms with E-state index in [1.165, 1.54) is 6.07 Å². The fraction of sp³-hybridized carbons (Fsp3) is 0.273. The summed E-state index contributed by atoms with van der Waals surface area (Å²) in [6.45, 7) is 1.79. The molecular weight excluding hydrogens is 272 g/mol. The summed E-state index contributed by atoms with van der Waals surface area (Å²) in [6.07, 6.45) is 2.07. The first-order valence-electron chi connectivity index (χ1n) is 5.36. The predicted molar refractivity (Wildman–Crippen MR) is 70.9 cm³/mol. The smallest absolute Gasteiger partial charge is 0.250 e. The van der Waals surface area contributed by atoms with Gasteiger partial charge < -0.3 is 10.2 Å². The Morgan fingerprint density at radius 1 is 1.56 bits per heavy atom. The second-order valence-corrected chi connectivity index (χ2v) is 6.86. The SMILES string of the molecule is CC(Cc1ccco1)NS(=O)(=O)c1cc(N)cs1. The Balaban J connectivity index is 2.04. The summed E-state index contributed by atoms with van der Waals surface area (Å²) >= 11 is 1.11. The summed E-state index contributed by atoms with van der Waals surface area (Å²) in [5.74, 6) is 0.746. The van der Waals surface area contributed by atoms with Gasteiger partial charge in [-0.15, -0.1) is 11.3 Å². The normalized spacial score (nSPS) is 13.6. The van der Waals surface area contributed by atoms with Gasteiger partial charge >= 0.3 is 0 Å². The molecular formula is C11H14N2O3S2. The van der Waals surface area contributed by atoms with Crippen LogP contribution in [0.4, 0.5) is 5.69 Å². The van der Waals surface area contributed by atoms with Crippen LogP contribution < -0.4 is 10.5 Å². The third-order valence-electron chi connectivity index (χ3n) is 2.30. The van der Waals surface area contributed by atoms with Crippen LogP contribution in [-0.4, -0.2) is 14.5 Å². The molecule has 0 aliphatic rings. The number of nitrogens with one attached hydrogen (secondary N) is 1. The Morgan fingerprint density at radius 3 is 2.89 bits per heavy atom. The highest BCUT2D eigenvalue weighted by molar-refractivity contribution is 7.91. The van der Waals surface area contributed by atoms with Gasteiger partial charge in [-0.2, -0.15) is 0 Å². The van der Waals surface area contributed by atoms with Crippen molar-refractivity contribution in [1.29, 1.82) is 0 Å². The first-order chi connectivity index (χ1) is 8.47. The van der Waals surface area contributed by atoms with Crippen LogP contribution in [0.3, 0.4) is 0 Å². The largest absolute Gasteiger partial charge is 0.469 e. The van der Waals surface area contributed by atoms with Crippen molar-refractivity contribution in [2.24, 2.45) is 0 Å². The molecule has 18 heavy (non-hydrogen) atoms. The fourth-order valence-corrected chi connectivity index (χ4v) is 3.91. The van der Waals surface area contributed by atoms with E-state index in [0.717, 1.165) is 17.1 Å². The molecule has 0 bridgehead atoms. The Morgan fingerprint density at radius 2 is 2.33 bits per heavy atom. The molecule has 2 aromatic rings. The first-order valence-corrected chi connectivity index (χ1v) is 7.72. The minimum atomic E-state index is -3.50. The van der Waals surface area contributed by atoms with Crippen LogP contribution in [-0.2, 0) is 16.4 Å². The van der Waals surface area contributed by atoms with Gasteiger partial charge in [0.05, 0.1) is 6.26 Å². The Labute approximate surface area is 110 Å². The Bertz CT molecular complexity index is 602. The Kier molecular flexibility index (Phi) is 3.74. The average molecular weight is 286 g/mol. The van der Waals surface area contributed by atoms with Gasteiger partial charge in [-0.1, -0.05) is 0 Å². The van der Waals surface area contributed by atoms with E-state index in [4.69, 9.17) is 10.2 Å². The van der Waals surface area contributed by atoms with E-state index in [0.29, 0.717) is 12.1 Å². The van der Waals surface area contributed by atoms with Gasteiger partial charge in [-0.3, -0.25) is 0 Å². The maximum Gasteiger partial charge on any atom is 0.250 e. The minimum absolute atomic E-state index is 0.228. The van der Waals surface area contributed by atoms with Crippen LogP contribution in [0.25, 0.3) is 0 Å². The average Bonchev–Trinajstić information content (AvgIpc) is 2.88. The molecule has 0 spiro atoms. The summed E-state index contributed by atoms with van der Waals surface area (Å²) in [5.41, 5.74) is 5.98. The summed E-state index contributed by atoms with van der Waals surface area (Å²) in [4.78, 5) is 0. The molecule has 0 fully saturated rings. The number of hydrogen-bond donors (Lipinski definition) is 2. The van der Waals surface area contributed by atoms with Gasteiger partial charge in [0.25, 0.3) is 0 Å². The number of furan rings is 1. The molecule has 1 atom stereocenters. The van der Waals surface area contributed by atoms with Crippen molar-refractivity contribution in [2.45, 2.75) is 23.6 Å². The van der Waals surface area contributed by atoms with E-state index < -0.39 is 10.0 Å². The van der Waals surface area contributed by atoms with E-state index in [1.807, 2.05) is 6.07 Å². The van der Waals surface area contributed by atoms with Crippen LogP contribution in [0, 0.1) is 0 Å². The maximum atomic E-state index is 12.0. The lowest BCUT2D eigenvalue weighted by molar-refractivity contribution is 0.479. The van der Waals surface area contributed by atoms with E-state index in [2.05, 4.69) is 4.72 Å². The molecule has 0 saturated carbocycles. The zero-order valence-corrected chi connectivity index (χ0v) is 11.4. The topological polar surface area (TPSA) is 85.3 Å². The van der Waals surface area contributed by atoms with Crippen molar-refractivity contribution in [2.75, 3.05) is 5.73 Å². The van der Waals surface area contributed by atoms with Crippen molar-refractivity contribution >= 4 is 27.0 Å². The molecule has 2 rings (SSSR count). The summed E-state index contributed by atoms with van der Waals surface area (Å²) < 4.78 is 32.0. The quantitative estimate of drug-likeness (QED) is 0.878. The minimum Gasteiger partial charge on any atom is -0.469 e. The fourth-order valence-electron chi connectivity index (χ4n) is 1.57.